The second-order valence-electron chi connectivity index (χ2n) is 6.55. The van der Waals surface area contributed by atoms with E-state index < -0.39 is 23.8 Å². The number of phenols is 1. The molecular formula is C21H14O7. The number of phenolic OH excluding ortho intramolecular Hbond substituents is 1. The molecule has 0 aromatic heterocycles. The molecule has 1 aliphatic heterocycles. The van der Waals surface area contributed by atoms with Crippen molar-refractivity contribution in [3.05, 3.63) is 82.6 Å². The van der Waals surface area contributed by atoms with Crippen LogP contribution in [0.25, 0.3) is 0 Å². The van der Waals surface area contributed by atoms with Crippen molar-refractivity contribution in [2.75, 3.05) is 0 Å². The van der Waals surface area contributed by atoms with Gasteiger partial charge in [-0.3, -0.25) is 4.79 Å². The maximum absolute atomic E-state index is 11.8. The van der Waals surface area contributed by atoms with E-state index in [1.165, 1.54) is 42.5 Å². The van der Waals surface area contributed by atoms with Crippen LogP contribution in [0.4, 0.5) is 0 Å². The lowest BCUT2D eigenvalue weighted by Crippen LogP contribution is -2.27. The van der Waals surface area contributed by atoms with Crippen LogP contribution in [0.3, 0.4) is 0 Å². The monoisotopic (exact) mass is 378 g/mol. The number of allylic oxidation sites excluding steroid dienone is 3. The Balaban J connectivity index is 2.00. The van der Waals surface area contributed by atoms with Gasteiger partial charge in [-0.1, -0.05) is 12.1 Å². The number of carboxylic acid groups (broad SMARTS) is 2. The second kappa shape index (κ2) is 6.38. The van der Waals surface area contributed by atoms with Crippen molar-refractivity contribution in [2.45, 2.75) is 5.92 Å². The van der Waals surface area contributed by atoms with Crippen LogP contribution in [0.5, 0.6) is 11.5 Å². The number of aromatic carboxylic acids is 2. The molecule has 0 radical (unpaired) electrons. The molecule has 2 aliphatic rings. The Morgan fingerprint density at radius 1 is 0.964 bits per heavy atom. The molecule has 0 spiro atoms. The third kappa shape index (κ3) is 2.83. The number of aromatic hydroxyl groups is 1. The maximum atomic E-state index is 11.8. The number of benzene rings is 2. The van der Waals surface area contributed by atoms with Crippen molar-refractivity contribution in [1.82, 2.24) is 0 Å². The molecule has 2 unspecified atom stereocenters. The van der Waals surface area contributed by atoms with Crippen molar-refractivity contribution >= 4 is 17.7 Å². The standard InChI is InChI=1S/C21H14O7/c22-11-2-5-14-17(8-11)28-18-9-12(23)3-6-15(18)19(14)16-7-10(20(24)25)1-4-13(16)21(26)27/h1-9,14,19,23H,(H,24,25)(H,26,27). The number of rotatable bonds is 3. The number of carbonyl (C=O) groups is 3. The minimum atomic E-state index is -1.19. The van der Waals surface area contributed by atoms with E-state index in [1.807, 2.05) is 0 Å². The lowest BCUT2D eigenvalue weighted by Gasteiger charge is -2.35. The highest BCUT2D eigenvalue weighted by Gasteiger charge is 2.38. The van der Waals surface area contributed by atoms with Gasteiger partial charge in [0.05, 0.1) is 11.1 Å². The molecule has 7 nitrogen and oxygen atoms in total. The topological polar surface area (TPSA) is 121 Å². The van der Waals surface area contributed by atoms with Crippen LogP contribution in [0.1, 0.15) is 37.8 Å². The highest BCUT2D eigenvalue weighted by Crippen LogP contribution is 2.49. The first kappa shape index (κ1) is 17.5. The van der Waals surface area contributed by atoms with Gasteiger partial charge < -0.3 is 20.1 Å². The smallest absolute Gasteiger partial charge is 0.335 e. The van der Waals surface area contributed by atoms with E-state index in [0.717, 1.165) is 0 Å². The van der Waals surface area contributed by atoms with Crippen LogP contribution in [0.15, 0.2) is 60.4 Å². The van der Waals surface area contributed by atoms with Crippen LogP contribution >= 0.6 is 0 Å². The van der Waals surface area contributed by atoms with Crippen LogP contribution in [0.2, 0.25) is 0 Å². The van der Waals surface area contributed by atoms with Gasteiger partial charge in [-0.05, 0) is 35.9 Å². The first-order valence-corrected chi connectivity index (χ1v) is 8.40. The van der Waals surface area contributed by atoms with Crippen molar-refractivity contribution in [3.8, 4) is 11.5 Å². The Kier molecular flexibility index (Phi) is 4.00. The summed E-state index contributed by atoms with van der Waals surface area (Å²) in [6.45, 7) is 0. The molecule has 0 fully saturated rings. The Morgan fingerprint density at radius 2 is 1.75 bits per heavy atom. The number of carboxylic acids is 2. The number of ether oxygens (including phenoxy) is 1. The van der Waals surface area contributed by atoms with Crippen LogP contribution in [0, 0.1) is 5.92 Å². The van der Waals surface area contributed by atoms with Gasteiger partial charge in [0, 0.05) is 29.5 Å². The second-order valence-corrected chi connectivity index (χ2v) is 6.55. The Labute approximate surface area is 158 Å². The summed E-state index contributed by atoms with van der Waals surface area (Å²) in [5.41, 5.74) is 0.787. The third-order valence-electron chi connectivity index (χ3n) is 4.86. The van der Waals surface area contributed by atoms with E-state index in [2.05, 4.69) is 0 Å². The van der Waals surface area contributed by atoms with Gasteiger partial charge in [0.2, 0.25) is 0 Å². The number of carbonyl (C=O) groups excluding carboxylic acids is 1. The third-order valence-corrected chi connectivity index (χ3v) is 4.86. The Hall–Kier alpha value is -3.87. The average molecular weight is 378 g/mol. The molecule has 1 aliphatic carbocycles. The average Bonchev–Trinajstić information content (AvgIpc) is 2.65. The molecule has 0 saturated carbocycles. The maximum Gasteiger partial charge on any atom is 0.335 e. The molecule has 7 heteroatoms. The first-order chi connectivity index (χ1) is 13.3. The van der Waals surface area contributed by atoms with Gasteiger partial charge in [0.1, 0.15) is 17.3 Å². The van der Waals surface area contributed by atoms with Crippen molar-refractivity contribution < 1.29 is 34.4 Å². The van der Waals surface area contributed by atoms with Crippen LogP contribution in [-0.4, -0.2) is 33.0 Å². The normalized spacial score (nSPS) is 19.9. The molecule has 0 bridgehead atoms. The molecule has 3 N–H and O–H groups in total. The first-order valence-electron chi connectivity index (χ1n) is 8.40. The van der Waals surface area contributed by atoms with E-state index in [9.17, 15) is 29.7 Å². The van der Waals surface area contributed by atoms with Gasteiger partial charge in [0.15, 0.2) is 5.78 Å². The zero-order valence-corrected chi connectivity index (χ0v) is 14.3. The largest absolute Gasteiger partial charge is 0.508 e. The summed E-state index contributed by atoms with van der Waals surface area (Å²) in [7, 11) is 0. The zero-order chi connectivity index (χ0) is 20.0. The minimum Gasteiger partial charge on any atom is -0.508 e. The lowest BCUT2D eigenvalue weighted by atomic mass is 9.74. The fraction of sp³-hybridized carbons (Fsp3) is 0.0952. The molecule has 2 aromatic carbocycles. The van der Waals surface area contributed by atoms with E-state index in [1.54, 1.807) is 12.1 Å². The number of ketones is 1. The van der Waals surface area contributed by atoms with Crippen molar-refractivity contribution in [1.29, 1.82) is 0 Å². The quantitative estimate of drug-likeness (QED) is 0.751. The summed E-state index contributed by atoms with van der Waals surface area (Å²) in [5, 5.41) is 28.8. The summed E-state index contributed by atoms with van der Waals surface area (Å²) in [6, 6.07) is 8.27. The number of hydrogen-bond donors (Lipinski definition) is 3. The molecule has 0 saturated heterocycles. The summed E-state index contributed by atoms with van der Waals surface area (Å²) >= 11 is 0. The summed E-state index contributed by atoms with van der Waals surface area (Å²) in [5.74, 6) is -3.19. The number of hydrogen-bond acceptors (Lipinski definition) is 5. The number of fused-ring (bicyclic) bond motifs is 2. The molecule has 1 heterocycles. The van der Waals surface area contributed by atoms with Gasteiger partial charge in [0.25, 0.3) is 0 Å². The summed E-state index contributed by atoms with van der Waals surface area (Å²) < 4.78 is 5.78. The summed E-state index contributed by atoms with van der Waals surface area (Å²) in [4.78, 5) is 35.1. The van der Waals surface area contributed by atoms with Gasteiger partial charge in [-0.2, -0.15) is 0 Å². The van der Waals surface area contributed by atoms with Gasteiger partial charge >= 0.3 is 11.9 Å². The predicted octanol–water partition coefficient (Wildman–Crippen LogP) is 2.95. The zero-order valence-electron chi connectivity index (χ0n) is 14.3. The molecule has 2 atom stereocenters. The SMILES string of the molecule is O=C1C=CC2C(=C1)Oc1cc(O)ccc1C2c1cc(C(=O)O)ccc1C(=O)O. The van der Waals surface area contributed by atoms with Crippen LogP contribution in [-0.2, 0) is 4.79 Å². The Bertz CT molecular complexity index is 1090. The highest BCUT2D eigenvalue weighted by molar-refractivity contribution is 6.01. The predicted molar refractivity (Wildman–Crippen MR) is 96.7 cm³/mol. The molecular weight excluding hydrogens is 364 g/mol. The van der Waals surface area contributed by atoms with E-state index in [0.29, 0.717) is 11.3 Å². The molecule has 28 heavy (non-hydrogen) atoms. The fourth-order valence-corrected chi connectivity index (χ4v) is 3.65. The molecule has 140 valence electrons. The molecule has 4 rings (SSSR count). The lowest BCUT2D eigenvalue weighted by molar-refractivity contribution is -0.110. The van der Waals surface area contributed by atoms with Crippen LogP contribution < -0.4 is 4.74 Å². The molecule has 2 aromatic rings. The van der Waals surface area contributed by atoms with E-state index in [4.69, 9.17) is 4.74 Å². The molecule has 0 amide bonds. The van der Waals surface area contributed by atoms with Gasteiger partial charge in [-0.15, -0.1) is 0 Å². The van der Waals surface area contributed by atoms with E-state index >= 15 is 0 Å². The minimum absolute atomic E-state index is 0.0411. The van der Waals surface area contributed by atoms with Gasteiger partial charge in [-0.25, -0.2) is 9.59 Å². The van der Waals surface area contributed by atoms with E-state index in [-0.39, 0.29) is 34.0 Å². The Morgan fingerprint density at radius 3 is 2.46 bits per heavy atom. The van der Waals surface area contributed by atoms with Crippen molar-refractivity contribution in [3.63, 3.8) is 0 Å². The van der Waals surface area contributed by atoms with Crippen molar-refractivity contribution in [2.24, 2.45) is 5.92 Å². The summed E-state index contributed by atoms with van der Waals surface area (Å²) in [6.07, 6.45) is 4.31. The highest BCUT2D eigenvalue weighted by atomic mass is 16.5. The fourth-order valence-electron chi connectivity index (χ4n) is 3.65.